The zero-order valence-corrected chi connectivity index (χ0v) is 10.5. The van der Waals surface area contributed by atoms with Crippen LogP contribution in [0.1, 0.15) is 16.7 Å². The van der Waals surface area contributed by atoms with Crippen LogP contribution in [0.5, 0.6) is 0 Å². The van der Waals surface area contributed by atoms with Gasteiger partial charge in [-0.1, -0.05) is 42.5 Å². The fourth-order valence-electron chi connectivity index (χ4n) is 1.85. The first-order valence-corrected chi connectivity index (χ1v) is 5.90. The second-order valence-electron chi connectivity index (χ2n) is 4.03. The van der Waals surface area contributed by atoms with Crippen LogP contribution in [0, 0.1) is 34.0 Å². The van der Waals surface area contributed by atoms with E-state index in [4.69, 9.17) is 5.26 Å². The van der Waals surface area contributed by atoms with Gasteiger partial charge in [0.05, 0.1) is 22.8 Å². The van der Waals surface area contributed by atoms with Crippen LogP contribution in [0.3, 0.4) is 0 Å². The molecule has 2 rings (SSSR count). The molecule has 0 spiro atoms. The van der Waals surface area contributed by atoms with Crippen molar-refractivity contribution >= 4 is 11.1 Å². The zero-order valence-electron chi connectivity index (χ0n) is 10.5. The normalized spacial score (nSPS) is 10.7. The van der Waals surface area contributed by atoms with Crippen LogP contribution in [0.4, 0.5) is 0 Å². The Balaban J connectivity index is 2.60. The third-order valence-corrected chi connectivity index (χ3v) is 2.84. The van der Waals surface area contributed by atoms with Crippen LogP contribution in [0.15, 0.2) is 54.6 Å². The fourth-order valence-corrected chi connectivity index (χ4v) is 1.85. The molecule has 3 nitrogen and oxygen atoms in total. The second kappa shape index (κ2) is 6.01. The molecule has 0 amide bonds. The molecule has 0 saturated carbocycles. The third kappa shape index (κ3) is 2.56. The Morgan fingerprint density at radius 2 is 1.15 bits per heavy atom. The smallest absolute Gasteiger partial charge is 0.101 e. The van der Waals surface area contributed by atoms with Crippen molar-refractivity contribution in [2.75, 3.05) is 0 Å². The van der Waals surface area contributed by atoms with E-state index in [2.05, 4.69) is 12.1 Å². The van der Waals surface area contributed by atoms with Crippen molar-refractivity contribution in [1.82, 2.24) is 0 Å². The minimum Gasteiger partial charge on any atom is -0.192 e. The second-order valence-corrected chi connectivity index (χ2v) is 4.03. The van der Waals surface area contributed by atoms with Gasteiger partial charge in [-0.3, -0.25) is 0 Å². The molecule has 0 aliphatic rings. The molecule has 92 valence electrons. The van der Waals surface area contributed by atoms with Gasteiger partial charge in [0, 0.05) is 0 Å². The van der Waals surface area contributed by atoms with E-state index in [-0.39, 0.29) is 0 Å². The molecule has 0 radical (unpaired) electrons. The Bertz CT molecular complexity index is 764. The van der Waals surface area contributed by atoms with Crippen LogP contribution >= 0.6 is 0 Å². The number of benzene rings is 2. The van der Waals surface area contributed by atoms with Crippen molar-refractivity contribution in [1.29, 1.82) is 15.8 Å². The number of hydrogen-bond donors (Lipinski definition) is 0. The van der Waals surface area contributed by atoms with Crippen molar-refractivity contribution in [2.24, 2.45) is 0 Å². The zero-order chi connectivity index (χ0) is 14.4. The molecule has 0 aromatic heterocycles. The van der Waals surface area contributed by atoms with Crippen LogP contribution in [0.25, 0.3) is 11.1 Å². The maximum absolute atomic E-state index is 9.34. The van der Waals surface area contributed by atoms with Gasteiger partial charge in [-0.25, -0.2) is 0 Å². The van der Waals surface area contributed by atoms with Crippen molar-refractivity contribution in [3.05, 3.63) is 71.3 Å². The number of allylic oxidation sites excluding steroid dienone is 2. The predicted octanol–water partition coefficient (Wildman–Crippen LogP) is 3.52. The number of nitrogens with zero attached hydrogens (tertiary/aromatic N) is 3. The van der Waals surface area contributed by atoms with Gasteiger partial charge in [0.2, 0.25) is 0 Å². The summed E-state index contributed by atoms with van der Waals surface area (Å²) in [6.45, 7) is 0. The van der Waals surface area contributed by atoms with E-state index in [1.54, 1.807) is 36.4 Å². The highest BCUT2D eigenvalue weighted by Gasteiger charge is 2.11. The van der Waals surface area contributed by atoms with E-state index < -0.39 is 0 Å². The highest BCUT2D eigenvalue weighted by molar-refractivity contribution is 6.02. The van der Waals surface area contributed by atoms with Crippen molar-refractivity contribution in [3.63, 3.8) is 0 Å². The predicted molar refractivity (Wildman–Crippen MR) is 75.6 cm³/mol. The largest absolute Gasteiger partial charge is 0.192 e. The lowest BCUT2D eigenvalue weighted by molar-refractivity contribution is 1.47. The summed E-state index contributed by atoms with van der Waals surface area (Å²) >= 11 is 0. The minimum atomic E-state index is 0.309. The maximum Gasteiger partial charge on any atom is 0.101 e. The van der Waals surface area contributed by atoms with Crippen molar-refractivity contribution in [3.8, 4) is 18.2 Å². The first kappa shape index (κ1) is 13.1. The summed E-state index contributed by atoms with van der Waals surface area (Å²) in [5, 5.41) is 27.5. The molecule has 2 aromatic rings. The van der Waals surface area contributed by atoms with Gasteiger partial charge < -0.3 is 0 Å². The molecule has 3 heteroatoms. The Labute approximate surface area is 117 Å². The molecule has 0 N–H and O–H groups in total. The molecule has 0 atom stereocenters. The van der Waals surface area contributed by atoms with Crippen LogP contribution in [0.2, 0.25) is 0 Å². The minimum absolute atomic E-state index is 0.309. The number of nitriles is 3. The van der Waals surface area contributed by atoms with E-state index >= 15 is 0 Å². The summed E-state index contributed by atoms with van der Waals surface area (Å²) in [6, 6.07) is 21.9. The van der Waals surface area contributed by atoms with E-state index in [1.165, 1.54) is 0 Å². The Kier molecular flexibility index (Phi) is 3.93. The molecule has 0 saturated heterocycles. The van der Waals surface area contributed by atoms with E-state index in [0.29, 0.717) is 27.8 Å². The van der Waals surface area contributed by atoms with Gasteiger partial charge in [-0.15, -0.1) is 0 Å². The highest BCUT2D eigenvalue weighted by atomic mass is 14.3. The van der Waals surface area contributed by atoms with Gasteiger partial charge >= 0.3 is 0 Å². The summed E-state index contributed by atoms with van der Waals surface area (Å²) < 4.78 is 0. The Morgan fingerprint density at radius 1 is 0.650 bits per heavy atom. The molecule has 0 aliphatic heterocycles. The average Bonchev–Trinajstić information content (AvgIpc) is 2.53. The first-order chi connectivity index (χ1) is 9.80. The number of hydrogen-bond acceptors (Lipinski definition) is 3. The SMILES string of the molecule is N#C/C(=C(/C#N)c1ccc(C#N)cc1)c1ccccc1. The van der Waals surface area contributed by atoms with E-state index in [0.717, 1.165) is 0 Å². The monoisotopic (exact) mass is 255 g/mol. The standard InChI is InChI=1S/C17H9N3/c18-10-13-6-8-15(9-7-13)17(12-20)16(11-19)14-4-2-1-3-5-14/h1-9H/b17-16+. The summed E-state index contributed by atoms with van der Waals surface area (Å²) in [5.41, 5.74) is 2.49. The average molecular weight is 255 g/mol. The van der Waals surface area contributed by atoms with Crippen LogP contribution in [-0.2, 0) is 0 Å². The van der Waals surface area contributed by atoms with Gasteiger partial charge in [-0.05, 0) is 23.3 Å². The van der Waals surface area contributed by atoms with Gasteiger partial charge in [0.25, 0.3) is 0 Å². The summed E-state index contributed by atoms with van der Waals surface area (Å²) in [5.74, 6) is 0. The Hall–Kier alpha value is -3.35. The van der Waals surface area contributed by atoms with Crippen LogP contribution < -0.4 is 0 Å². The molecule has 0 aliphatic carbocycles. The molecular formula is C17H9N3. The lowest BCUT2D eigenvalue weighted by Crippen LogP contribution is -1.89. The summed E-state index contributed by atoms with van der Waals surface area (Å²) in [6.07, 6.45) is 0. The topological polar surface area (TPSA) is 71.4 Å². The fraction of sp³-hybridized carbons (Fsp3) is 0. The third-order valence-electron chi connectivity index (χ3n) is 2.84. The highest BCUT2D eigenvalue weighted by Crippen LogP contribution is 2.25. The van der Waals surface area contributed by atoms with Crippen molar-refractivity contribution < 1.29 is 0 Å². The molecule has 0 heterocycles. The molecule has 0 bridgehead atoms. The first-order valence-electron chi connectivity index (χ1n) is 5.90. The van der Waals surface area contributed by atoms with E-state index in [9.17, 15) is 10.5 Å². The van der Waals surface area contributed by atoms with Crippen LogP contribution in [-0.4, -0.2) is 0 Å². The number of rotatable bonds is 2. The van der Waals surface area contributed by atoms with E-state index in [1.807, 2.05) is 24.3 Å². The molecule has 0 unspecified atom stereocenters. The lowest BCUT2D eigenvalue weighted by Gasteiger charge is -2.04. The van der Waals surface area contributed by atoms with Crippen molar-refractivity contribution in [2.45, 2.75) is 0 Å². The summed E-state index contributed by atoms with van der Waals surface area (Å²) in [4.78, 5) is 0. The molecule has 0 fully saturated rings. The van der Waals surface area contributed by atoms with Gasteiger partial charge in [0.1, 0.15) is 12.1 Å². The quantitative estimate of drug-likeness (QED) is 0.608. The molecule has 2 aromatic carbocycles. The molecule has 20 heavy (non-hydrogen) atoms. The Morgan fingerprint density at radius 3 is 1.60 bits per heavy atom. The summed E-state index contributed by atoms with van der Waals surface area (Å²) in [7, 11) is 0. The van der Waals surface area contributed by atoms with Gasteiger partial charge in [-0.2, -0.15) is 15.8 Å². The lowest BCUT2D eigenvalue weighted by atomic mass is 9.96. The maximum atomic E-state index is 9.34. The van der Waals surface area contributed by atoms with Gasteiger partial charge in [0.15, 0.2) is 0 Å². The molecular weight excluding hydrogens is 246 g/mol.